The molecule has 0 spiro atoms. The lowest BCUT2D eigenvalue weighted by atomic mass is 9.96. The van der Waals surface area contributed by atoms with Crippen LogP contribution in [0.25, 0.3) is 10.8 Å². The molecule has 0 bridgehead atoms. The number of carbonyl (C=O) groups excluding carboxylic acids is 1. The van der Waals surface area contributed by atoms with E-state index in [0.29, 0.717) is 30.6 Å². The number of anilines is 1. The topological polar surface area (TPSA) is 54.5 Å². The molecule has 1 heterocycles. The zero-order valence-electron chi connectivity index (χ0n) is 17.6. The van der Waals surface area contributed by atoms with Crippen molar-refractivity contribution in [1.82, 2.24) is 9.88 Å². The summed E-state index contributed by atoms with van der Waals surface area (Å²) in [6.45, 7) is 4.94. The van der Waals surface area contributed by atoms with Crippen LogP contribution in [-0.2, 0) is 0 Å². The molecule has 1 fully saturated rings. The van der Waals surface area contributed by atoms with E-state index in [9.17, 15) is 9.18 Å². The van der Waals surface area contributed by atoms with E-state index in [0.717, 1.165) is 29.2 Å². The summed E-state index contributed by atoms with van der Waals surface area (Å²) < 4.78 is 19.2. The number of ether oxygens (including phenoxy) is 1. The fourth-order valence-electron chi connectivity index (χ4n) is 4.00. The molecule has 1 aliphatic carbocycles. The maximum absolute atomic E-state index is 13.5. The van der Waals surface area contributed by atoms with E-state index < -0.39 is 5.82 Å². The molecule has 1 aliphatic rings. The molecule has 0 saturated heterocycles. The molecule has 1 aromatic heterocycles. The van der Waals surface area contributed by atoms with Crippen LogP contribution < -0.4 is 10.1 Å². The molecule has 3 aromatic rings. The first kappa shape index (κ1) is 21.4. The molecule has 1 saturated carbocycles. The summed E-state index contributed by atoms with van der Waals surface area (Å²) in [5, 5.41) is 4.81. The minimum atomic E-state index is -0.519. The van der Waals surface area contributed by atoms with Gasteiger partial charge in [-0.2, -0.15) is 0 Å². The summed E-state index contributed by atoms with van der Waals surface area (Å²) in [5.41, 5.74) is 1.47. The first-order valence-corrected chi connectivity index (χ1v) is 10.9. The summed E-state index contributed by atoms with van der Waals surface area (Å²) >= 11 is 5.88. The number of fused-ring (bicyclic) bond motifs is 1. The zero-order chi connectivity index (χ0) is 22.0. The summed E-state index contributed by atoms with van der Waals surface area (Å²) in [6, 6.07) is 11.8. The highest BCUT2D eigenvalue weighted by Gasteiger charge is 2.39. The maximum Gasteiger partial charge on any atom is 0.322 e. The van der Waals surface area contributed by atoms with Crippen molar-refractivity contribution in [2.45, 2.75) is 32.7 Å². The number of amides is 2. The second kappa shape index (κ2) is 9.10. The van der Waals surface area contributed by atoms with Gasteiger partial charge >= 0.3 is 6.03 Å². The summed E-state index contributed by atoms with van der Waals surface area (Å²) in [4.78, 5) is 19.6. The minimum absolute atomic E-state index is 0.0266. The SMILES string of the molecule is CCOc1ncc(C(C2CC2)N(CC)C(=O)Nc2ccc(F)c(Cl)c2)c2ccccc12. The van der Waals surface area contributed by atoms with Gasteiger partial charge in [-0.25, -0.2) is 14.2 Å². The summed E-state index contributed by atoms with van der Waals surface area (Å²) in [6.07, 6.45) is 3.94. The molecule has 162 valence electrons. The third-order valence-electron chi connectivity index (χ3n) is 5.57. The molecule has 5 nitrogen and oxygen atoms in total. The van der Waals surface area contributed by atoms with Crippen molar-refractivity contribution >= 4 is 34.1 Å². The highest BCUT2D eigenvalue weighted by Crippen LogP contribution is 2.47. The van der Waals surface area contributed by atoms with Gasteiger partial charge in [0.2, 0.25) is 5.88 Å². The Morgan fingerprint density at radius 3 is 2.65 bits per heavy atom. The Kier molecular flexibility index (Phi) is 6.28. The molecule has 7 heteroatoms. The molecular weight excluding hydrogens is 417 g/mol. The van der Waals surface area contributed by atoms with Crippen molar-refractivity contribution in [2.24, 2.45) is 5.92 Å². The van der Waals surface area contributed by atoms with Crippen molar-refractivity contribution in [3.8, 4) is 5.88 Å². The van der Waals surface area contributed by atoms with Gasteiger partial charge in [0, 0.05) is 29.4 Å². The van der Waals surface area contributed by atoms with Crippen molar-refractivity contribution in [2.75, 3.05) is 18.5 Å². The van der Waals surface area contributed by atoms with Crippen LogP contribution in [0.5, 0.6) is 5.88 Å². The number of benzene rings is 2. The number of aromatic nitrogens is 1. The molecule has 1 atom stereocenters. The molecule has 2 amide bonds. The number of urea groups is 1. The summed E-state index contributed by atoms with van der Waals surface area (Å²) in [5.74, 6) is 0.449. The van der Waals surface area contributed by atoms with Crippen LogP contribution in [0.4, 0.5) is 14.9 Å². The Labute approximate surface area is 186 Å². The Bertz CT molecular complexity index is 1100. The average molecular weight is 442 g/mol. The third-order valence-corrected chi connectivity index (χ3v) is 5.86. The van der Waals surface area contributed by atoms with Crippen LogP contribution in [0.3, 0.4) is 0 Å². The molecule has 31 heavy (non-hydrogen) atoms. The minimum Gasteiger partial charge on any atom is -0.478 e. The van der Waals surface area contributed by atoms with Crippen LogP contribution in [-0.4, -0.2) is 29.1 Å². The molecule has 1 N–H and O–H groups in total. The second-order valence-electron chi connectivity index (χ2n) is 7.62. The van der Waals surface area contributed by atoms with Crippen molar-refractivity contribution < 1.29 is 13.9 Å². The van der Waals surface area contributed by atoms with E-state index >= 15 is 0 Å². The Morgan fingerprint density at radius 1 is 1.26 bits per heavy atom. The largest absolute Gasteiger partial charge is 0.478 e. The second-order valence-corrected chi connectivity index (χ2v) is 8.03. The van der Waals surface area contributed by atoms with Gasteiger partial charge in [-0.15, -0.1) is 0 Å². The maximum atomic E-state index is 13.5. The summed E-state index contributed by atoms with van der Waals surface area (Å²) in [7, 11) is 0. The van der Waals surface area contributed by atoms with E-state index in [1.54, 1.807) is 0 Å². The number of nitrogens with zero attached hydrogens (tertiary/aromatic N) is 2. The molecule has 2 aromatic carbocycles. The van der Waals surface area contributed by atoms with Gasteiger partial charge in [0.15, 0.2) is 0 Å². The van der Waals surface area contributed by atoms with E-state index in [-0.39, 0.29) is 17.1 Å². The normalized spacial score (nSPS) is 14.3. The van der Waals surface area contributed by atoms with Gasteiger partial charge in [-0.05, 0) is 62.3 Å². The van der Waals surface area contributed by atoms with Gasteiger partial charge < -0.3 is 15.0 Å². The zero-order valence-corrected chi connectivity index (χ0v) is 18.3. The van der Waals surface area contributed by atoms with E-state index in [1.807, 2.05) is 43.1 Å². The average Bonchev–Trinajstić information content (AvgIpc) is 3.60. The first-order valence-electron chi connectivity index (χ1n) is 10.6. The third kappa shape index (κ3) is 4.44. The number of carbonyl (C=O) groups is 1. The van der Waals surface area contributed by atoms with Crippen molar-refractivity contribution in [1.29, 1.82) is 0 Å². The van der Waals surface area contributed by atoms with Crippen LogP contribution in [0.2, 0.25) is 5.02 Å². The fourth-order valence-corrected chi connectivity index (χ4v) is 4.18. The number of nitrogens with one attached hydrogen (secondary N) is 1. The number of hydrogen-bond donors (Lipinski definition) is 1. The van der Waals surface area contributed by atoms with Gasteiger partial charge in [0.25, 0.3) is 0 Å². The monoisotopic (exact) mass is 441 g/mol. The lowest BCUT2D eigenvalue weighted by molar-refractivity contribution is 0.183. The van der Waals surface area contributed by atoms with Crippen LogP contribution in [0.1, 0.15) is 38.3 Å². The highest BCUT2D eigenvalue weighted by molar-refractivity contribution is 6.31. The molecule has 0 radical (unpaired) electrons. The molecule has 0 aliphatic heterocycles. The van der Waals surface area contributed by atoms with Crippen LogP contribution in [0, 0.1) is 11.7 Å². The lowest BCUT2D eigenvalue weighted by Gasteiger charge is -2.32. The van der Waals surface area contributed by atoms with E-state index in [1.165, 1.54) is 18.2 Å². The van der Waals surface area contributed by atoms with Crippen LogP contribution in [0.15, 0.2) is 48.7 Å². The number of halogens is 2. The predicted molar refractivity (Wildman–Crippen MR) is 121 cm³/mol. The van der Waals surface area contributed by atoms with Gasteiger partial charge in [0.1, 0.15) is 5.82 Å². The first-order chi connectivity index (χ1) is 15.0. The number of pyridine rings is 1. The van der Waals surface area contributed by atoms with Crippen molar-refractivity contribution in [3.05, 3.63) is 65.1 Å². The molecular formula is C24H25ClFN3O2. The van der Waals surface area contributed by atoms with E-state index in [2.05, 4.69) is 16.4 Å². The number of hydrogen-bond acceptors (Lipinski definition) is 3. The number of rotatable bonds is 7. The van der Waals surface area contributed by atoms with Gasteiger partial charge in [0.05, 0.1) is 17.7 Å². The van der Waals surface area contributed by atoms with Crippen LogP contribution >= 0.6 is 11.6 Å². The standard InChI is InChI=1S/C24H25ClFN3O2/c1-3-29(24(30)28-16-11-12-21(26)20(25)13-16)22(15-9-10-15)19-14-27-23(31-4-2)18-8-6-5-7-17(18)19/h5-8,11-15,22H,3-4,9-10H2,1-2H3,(H,28,30). The van der Waals surface area contributed by atoms with Gasteiger partial charge in [-0.1, -0.05) is 29.8 Å². The Morgan fingerprint density at radius 2 is 2.00 bits per heavy atom. The Balaban J connectivity index is 1.70. The predicted octanol–water partition coefficient (Wildman–Crippen LogP) is 6.43. The molecule has 4 rings (SSSR count). The van der Waals surface area contributed by atoms with Gasteiger partial charge in [-0.3, -0.25) is 0 Å². The lowest BCUT2D eigenvalue weighted by Crippen LogP contribution is -2.39. The highest BCUT2D eigenvalue weighted by atomic mass is 35.5. The quantitative estimate of drug-likeness (QED) is 0.459. The Hall–Kier alpha value is -2.86. The van der Waals surface area contributed by atoms with Crippen molar-refractivity contribution in [3.63, 3.8) is 0 Å². The van der Waals surface area contributed by atoms with E-state index in [4.69, 9.17) is 16.3 Å². The molecule has 1 unspecified atom stereocenters. The smallest absolute Gasteiger partial charge is 0.322 e. The fraction of sp³-hybridized carbons (Fsp3) is 0.333.